The summed E-state index contributed by atoms with van der Waals surface area (Å²) in [7, 11) is 0. The standard InChI is InChI=1S/C22H28N2O2/c1-18-7-5-6-10-20(18)21(19-8-3-2-4-9-19)17-22(25)23-11-12-24-13-15-26-16-14-24/h2-10,21H,11-17H2,1H3,(H,23,25)/t21-/m1/s1. The zero-order chi connectivity index (χ0) is 18.2. The summed E-state index contributed by atoms with van der Waals surface area (Å²) in [5, 5.41) is 3.10. The van der Waals surface area contributed by atoms with Gasteiger partial charge in [-0.2, -0.15) is 0 Å². The van der Waals surface area contributed by atoms with E-state index in [-0.39, 0.29) is 11.8 Å². The topological polar surface area (TPSA) is 41.6 Å². The number of hydrogen-bond acceptors (Lipinski definition) is 3. The summed E-state index contributed by atoms with van der Waals surface area (Å²) in [5.74, 6) is 0.191. The van der Waals surface area contributed by atoms with E-state index in [9.17, 15) is 4.79 Å². The molecule has 0 aromatic heterocycles. The van der Waals surface area contributed by atoms with Crippen molar-refractivity contribution >= 4 is 5.91 Å². The molecule has 0 aliphatic carbocycles. The van der Waals surface area contributed by atoms with Crippen molar-refractivity contribution in [3.8, 4) is 0 Å². The van der Waals surface area contributed by atoms with E-state index in [0.717, 1.165) is 32.8 Å². The van der Waals surface area contributed by atoms with E-state index in [1.165, 1.54) is 16.7 Å². The van der Waals surface area contributed by atoms with Crippen LogP contribution < -0.4 is 5.32 Å². The molecule has 0 bridgehead atoms. The molecule has 0 saturated carbocycles. The fraction of sp³-hybridized carbons (Fsp3) is 0.409. The van der Waals surface area contributed by atoms with Crippen molar-refractivity contribution < 1.29 is 9.53 Å². The Labute approximate surface area is 156 Å². The summed E-state index contributed by atoms with van der Waals surface area (Å²) < 4.78 is 5.36. The molecule has 3 rings (SSSR count). The van der Waals surface area contributed by atoms with E-state index in [1.807, 2.05) is 24.3 Å². The fourth-order valence-electron chi connectivity index (χ4n) is 3.51. The average Bonchev–Trinajstić information content (AvgIpc) is 2.68. The minimum Gasteiger partial charge on any atom is -0.379 e. The van der Waals surface area contributed by atoms with Gasteiger partial charge in [0, 0.05) is 38.5 Å². The number of nitrogens with one attached hydrogen (secondary N) is 1. The highest BCUT2D eigenvalue weighted by Gasteiger charge is 2.19. The van der Waals surface area contributed by atoms with Gasteiger partial charge in [0.05, 0.1) is 13.2 Å². The average molecular weight is 352 g/mol. The van der Waals surface area contributed by atoms with Crippen molar-refractivity contribution in [3.05, 3.63) is 71.3 Å². The lowest BCUT2D eigenvalue weighted by Gasteiger charge is -2.26. The fourth-order valence-corrected chi connectivity index (χ4v) is 3.51. The van der Waals surface area contributed by atoms with E-state index in [1.54, 1.807) is 0 Å². The van der Waals surface area contributed by atoms with E-state index in [4.69, 9.17) is 4.74 Å². The predicted molar refractivity (Wildman–Crippen MR) is 104 cm³/mol. The predicted octanol–water partition coefficient (Wildman–Crippen LogP) is 2.97. The molecule has 1 fully saturated rings. The molecule has 1 heterocycles. The highest BCUT2D eigenvalue weighted by atomic mass is 16.5. The van der Waals surface area contributed by atoms with Gasteiger partial charge in [-0.3, -0.25) is 9.69 Å². The summed E-state index contributed by atoms with van der Waals surface area (Å²) in [4.78, 5) is 14.9. The first-order valence-corrected chi connectivity index (χ1v) is 9.41. The number of nitrogens with zero attached hydrogens (tertiary/aromatic N) is 1. The molecule has 0 unspecified atom stereocenters. The van der Waals surface area contributed by atoms with Gasteiger partial charge in [0.15, 0.2) is 0 Å². The Kier molecular flexibility index (Phi) is 6.81. The Balaban J connectivity index is 1.62. The molecule has 2 aromatic carbocycles. The maximum Gasteiger partial charge on any atom is 0.220 e. The Morgan fingerprint density at radius 3 is 2.50 bits per heavy atom. The van der Waals surface area contributed by atoms with Crippen molar-refractivity contribution in [3.63, 3.8) is 0 Å². The molecular weight excluding hydrogens is 324 g/mol. The Morgan fingerprint density at radius 2 is 1.77 bits per heavy atom. The number of rotatable bonds is 7. The first-order chi connectivity index (χ1) is 12.7. The lowest BCUT2D eigenvalue weighted by Crippen LogP contribution is -2.41. The van der Waals surface area contributed by atoms with Gasteiger partial charge in [0.25, 0.3) is 0 Å². The van der Waals surface area contributed by atoms with Gasteiger partial charge >= 0.3 is 0 Å². The largest absolute Gasteiger partial charge is 0.379 e. The molecule has 4 nitrogen and oxygen atoms in total. The van der Waals surface area contributed by atoms with Crippen molar-refractivity contribution in [2.75, 3.05) is 39.4 Å². The molecular formula is C22H28N2O2. The third-order valence-electron chi connectivity index (χ3n) is 5.01. The number of carbonyl (C=O) groups excluding carboxylic acids is 1. The molecule has 1 N–H and O–H groups in total. The molecule has 0 radical (unpaired) electrons. The summed E-state index contributed by atoms with van der Waals surface area (Å²) in [6.07, 6.45) is 0.470. The molecule has 1 saturated heterocycles. The lowest BCUT2D eigenvalue weighted by molar-refractivity contribution is -0.121. The van der Waals surface area contributed by atoms with Crippen LogP contribution in [0.4, 0.5) is 0 Å². The van der Waals surface area contributed by atoms with Crippen LogP contribution in [-0.4, -0.2) is 50.2 Å². The van der Waals surface area contributed by atoms with Gasteiger partial charge in [0.2, 0.25) is 5.91 Å². The number of amides is 1. The monoisotopic (exact) mass is 352 g/mol. The first kappa shape index (κ1) is 18.6. The van der Waals surface area contributed by atoms with Crippen LogP contribution in [-0.2, 0) is 9.53 Å². The van der Waals surface area contributed by atoms with Crippen LogP contribution >= 0.6 is 0 Å². The highest BCUT2D eigenvalue weighted by Crippen LogP contribution is 2.30. The third kappa shape index (κ3) is 5.16. The van der Waals surface area contributed by atoms with Crippen molar-refractivity contribution in [2.45, 2.75) is 19.3 Å². The maximum absolute atomic E-state index is 12.6. The zero-order valence-electron chi connectivity index (χ0n) is 15.5. The number of carbonyl (C=O) groups is 1. The summed E-state index contributed by atoms with van der Waals surface area (Å²) in [6.45, 7) is 7.16. The number of aryl methyl sites for hydroxylation is 1. The second-order valence-corrected chi connectivity index (χ2v) is 6.83. The summed E-state index contributed by atoms with van der Waals surface area (Å²) in [5.41, 5.74) is 3.63. The SMILES string of the molecule is Cc1ccccc1[C@H](CC(=O)NCCN1CCOCC1)c1ccccc1. The molecule has 2 aromatic rings. The number of benzene rings is 2. The lowest BCUT2D eigenvalue weighted by atomic mass is 9.86. The molecule has 1 aliphatic rings. The highest BCUT2D eigenvalue weighted by molar-refractivity contribution is 5.77. The van der Waals surface area contributed by atoms with Crippen LogP contribution in [0.2, 0.25) is 0 Å². The van der Waals surface area contributed by atoms with Crippen LogP contribution in [0.1, 0.15) is 29.0 Å². The summed E-state index contributed by atoms with van der Waals surface area (Å²) >= 11 is 0. The van der Waals surface area contributed by atoms with Gasteiger partial charge in [-0.25, -0.2) is 0 Å². The van der Waals surface area contributed by atoms with Crippen LogP contribution in [0, 0.1) is 6.92 Å². The van der Waals surface area contributed by atoms with Crippen molar-refractivity contribution in [1.82, 2.24) is 10.2 Å². The van der Waals surface area contributed by atoms with Crippen LogP contribution in [0.3, 0.4) is 0 Å². The zero-order valence-corrected chi connectivity index (χ0v) is 15.5. The second kappa shape index (κ2) is 9.51. The Morgan fingerprint density at radius 1 is 1.08 bits per heavy atom. The second-order valence-electron chi connectivity index (χ2n) is 6.83. The van der Waals surface area contributed by atoms with Crippen molar-refractivity contribution in [2.24, 2.45) is 0 Å². The van der Waals surface area contributed by atoms with Crippen LogP contribution in [0.25, 0.3) is 0 Å². The van der Waals surface area contributed by atoms with E-state index in [0.29, 0.717) is 13.0 Å². The Hall–Kier alpha value is -2.17. The third-order valence-corrected chi connectivity index (χ3v) is 5.01. The van der Waals surface area contributed by atoms with E-state index >= 15 is 0 Å². The molecule has 138 valence electrons. The molecule has 26 heavy (non-hydrogen) atoms. The first-order valence-electron chi connectivity index (χ1n) is 9.41. The van der Waals surface area contributed by atoms with Gasteiger partial charge in [-0.15, -0.1) is 0 Å². The minimum atomic E-state index is 0.0841. The van der Waals surface area contributed by atoms with Gasteiger partial charge < -0.3 is 10.1 Å². The van der Waals surface area contributed by atoms with Gasteiger partial charge in [-0.05, 0) is 23.6 Å². The molecule has 0 spiro atoms. The Bertz CT molecular complexity index is 696. The summed E-state index contributed by atoms with van der Waals surface area (Å²) in [6, 6.07) is 18.7. The number of ether oxygens (including phenoxy) is 1. The molecule has 4 heteroatoms. The normalized spacial score (nSPS) is 16.2. The quantitative estimate of drug-likeness (QED) is 0.833. The maximum atomic E-state index is 12.6. The van der Waals surface area contributed by atoms with E-state index in [2.05, 4.69) is 47.5 Å². The van der Waals surface area contributed by atoms with Crippen LogP contribution in [0.15, 0.2) is 54.6 Å². The van der Waals surface area contributed by atoms with E-state index < -0.39 is 0 Å². The number of morpholine rings is 1. The van der Waals surface area contributed by atoms with Gasteiger partial charge in [0.1, 0.15) is 0 Å². The molecule has 1 amide bonds. The van der Waals surface area contributed by atoms with Gasteiger partial charge in [-0.1, -0.05) is 54.6 Å². The molecule has 1 aliphatic heterocycles. The number of hydrogen-bond donors (Lipinski definition) is 1. The van der Waals surface area contributed by atoms with Crippen molar-refractivity contribution in [1.29, 1.82) is 0 Å². The van der Waals surface area contributed by atoms with Crippen LogP contribution in [0.5, 0.6) is 0 Å². The molecule has 1 atom stereocenters. The smallest absolute Gasteiger partial charge is 0.220 e. The minimum absolute atomic E-state index is 0.0841.